The second-order valence-electron chi connectivity index (χ2n) is 6.13. The van der Waals surface area contributed by atoms with Crippen LogP contribution in [0.5, 0.6) is 0 Å². The predicted molar refractivity (Wildman–Crippen MR) is 80.0 cm³/mol. The molecule has 0 aliphatic rings. The third-order valence-corrected chi connectivity index (χ3v) is 3.21. The van der Waals surface area contributed by atoms with Gasteiger partial charge in [0.1, 0.15) is 5.82 Å². The molecule has 0 saturated heterocycles. The lowest BCUT2D eigenvalue weighted by Gasteiger charge is -2.29. The fourth-order valence-electron chi connectivity index (χ4n) is 2.47. The Bertz CT molecular complexity index is 472. The van der Waals surface area contributed by atoms with Crippen molar-refractivity contribution in [1.29, 1.82) is 0 Å². The zero-order valence-electron chi connectivity index (χ0n) is 13.0. The smallest absolute Gasteiger partial charge is 0.217 e. The van der Waals surface area contributed by atoms with Crippen molar-refractivity contribution in [3.63, 3.8) is 0 Å². The molecule has 0 aromatic heterocycles. The number of aryl methyl sites for hydroxylation is 1. The number of amides is 1. The number of hydrogen-bond donors (Lipinski definition) is 2. The van der Waals surface area contributed by atoms with E-state index in [-0.39, 0.29) is 23.3 Å². The lowest BCUT2D eigenvalue weighted by Crippen LogP contribution is -2.46. The third kappa shape index (κ3) is 5.70. The van der Waals surface area contributed by atoms with Crippen LogP contribution in [0, 0.1) is 12.7 Å². The van der Waals surface area contributed by atoms with Gasteiger partial charge >= 0.3 is 0 Å². The molecule has 0 radical (unpaired) electrons. The Labute approximate surface area is 121 Å². The van der Waals surface area contributed by atoms with Gasteiger partial charge in [0.25, 0.3) is 0 Å². The van der Waals surface area contributed by atoms with Crippen molar-refractivity contribution in [2.75, 3.05) is 0 Å². The molecule has 0 aliphatic heterocycles. The molecule has 1 aromatic rings. The van der Waals surface area contributed by atoms with Gasteiger partial charge in [-0.1, -0.05) is 12.1 Å². The van der Waals surface area contributed by atoms with E-state index in [9.17, 15) is 9.18 Å². The van der Waals surface area contributed by atoms with Gasteiger partial charge in [-0.2, -0.15) is 0 Å². The van der Waals surface area contributed by atoms with Crippen molar-refractivity contribution in [3.05, 3.63) is 35.1 Å². The topological polar surface area (TPSA) is 41.1 Å². The number of rotatable bonds is 6. The van der Waals surface area contributed by atoms with Crippen LogP contribution in [0.1, 0.15) is 45.2 Å². The highest BCUT2D eigenvalue weighted by Gasteiger charge is 2.21. The summed E-state index contributed by atoms with van der Waals surface area (Å²) >= 11 is 0. The van der Waals surface area contributed by atoms with E-state index in [1.807, 2.05) is 19.9 Å². The molecule has 0 heterocycles. The summed E-state index contributed by atoms with van der Waals surface area (Å²) in [6.45, 7) is 10.1. The maximum absolute atomic E-state index is 13.2. The van der Waals surface area contributed by atoms with Crippen LogP contribution in [0.3, 0.4) is 0 Å². The highest BCUT2D eigenvalue weighted by atomic mass is 19.1. The van der Waals surface area contributed by atoms with Gasteiger partial charge in [0.15, 0.2) is 0 Å². The standard InChI is InChI=1S/C16H25FN2O/c1-11-8-14(6-7-15(11)17)10-18-12(2)9-16(4,5)19-13(3)20/h6-8,12,18H,9-10H2,1-5H3,(H,19,20). The van der Waals surface area contributed by atoms with Gasteiger partial charge in [-0.05, 0) is 51.3 Å². The molecule has 1 rings (SSSR count). The summed E-state index contributed by atoms with van der Waals surface area (Å²) in [4.78, 5) is 11.1. The monoisotopic (exact) mass is 280 g/mol. The van der Waals surface area contributed by atoms with Gasteiger partial charge in [0, 0.05) is 25.0 Å². The number of carbonyl (C=O) groups excluding carboxylic acids is 1. The summed E-state index contributed by atoms with van der Waals surface area (Å²) in [5.74, 6) is -0.190. The zero-order valence-corrected chi connectivity index (χ0v) is 13.0. The van der Waals surface area contributed by atoms with E-state index < -0.39 is 0 Å². The molecular formula is C16H25FN2O. The molecule has 1 atom stereocenters. The summed E-state index contributed by atoms with van der Waals surface area (Å²) in [7, 11) is 0. The number of carbonyl (C=O) groups is 1. The fraction of sp³-hybridized carbons (Fsp3) is 0.562. The molecule has 1 aromatic carbocycles. The van der Waals surface area contributed by atoms with E-state index in [1.165, 1.54) is 13.0 Å². The molecule has 1 amide bonds. The Morgan fingerprint density at radius 3 is 2.60 bits per heavy atom. The van der Waals surface area contributed by atoms with Crippen LogP contribution >= 0.6 is 0 Å². The molecule has 112 valence electrons. The van der Waals surface area contributed by atoms with Crippen molar-refractivity contribution in [2.24, 2.45) is 0 Å². The molecule has 0 bridgehead atoms. The van der Waals surface area contributed by atoms with Gasteiger partial charge in [0.2, 0.25) is 5.91 Å². The maximum atomic E-state index is 13.2. The molecule has 1 unspecified atom stereocenters. The summed E-state index contributed by atoms with van der Waals surface area (Å²) < 4.78 is 13.2. The second-order valence-corrected chi connectivity index (χ2v) is 6.13. The summed E-state index contributed by atoms with van der Waals surface area (Å²) in [5.41, 5.74) is 1.49. The van der Waals surface area contributed by atoms with E-state index in [2.05, 4.69) is 17.6 Å². The van der Waals surface area contributed by atoms with Crippen LogP contribution < -0.4 is 10.6 Å². The summed E-state index contributed by atoms with van der Waals surface area (Å²) in [6.07, 6.45) is 0.826. The first kappa shape index (κ1) is 16.6. The molecule has 20 heavy (non-hydrogen) atoms. The quantitative estimate of drug-likeness (QED) is 0.841. The van der Waals surface area contributed by atoms with Gasteiger partial charge in [-0.3, -0.25) is 4.79 Å². The Hall–Kier alpha value is -1.42. The van der Waals surface area contributed by atoms with E-state index in [4.69, 9.17) is 0 Å². The Kier molecular flexibility index (Phi) is 5.69. The highest BCUT2D eigenvalue weighted by Crippen LogP contribution is 2.13. The van der Waals surface area contributed by atoms with Gasteiger partial charge in [0.05, 0.1) is 0 Å². The zero-order chi connectivity index (χ0) is 15.3. The molecule has 0 aliphatic carbocycles. The molecular weight excluding hydrogens is 255 g/mol. The lowest BCUT2D eigenvalue weighted by molar-refractivity contribution is -0.120. The molecule has 2 N–H and O–H groups in total. The Morgan fingerprint density at radius 2 is 2.05 bits per heavy atom. The first-order chi connectivity index (χ1) is 9.19. The van der Waals surface area contributed by atoms with Crippen LogP contribution in [-0.4, -0.2) is 17.5 Å². The number of nitrogens with one attached hydrogen (secondary N) is 2. The van der Waals surface area contributed by atoms with Gasteiger partial charge in [-0.25, -0.2) is 4.39 Å². The van der Waals surface area contributed by atoms with Gasteiger partial charge < -0.3 is 10.6 Å². The second kappa shape index (κ2) is 6.84. The Balaban J connectivity index is 2.48. The molecule has 4 heteroatoms. The number of halogens is 1. The van der Waals surface area contributed by atoms with Crippen LogP contribution in [0.2, 0.25) is 0 Å². The minimum atomic E-state index is -0.239. The molecule has 0 saturated carbocycles. The fourth-order valence-corrected chi connectivity index (χ4v) is 2.47. The predicted octanol–water partition coefficient (Wildman–Crippen LogP) is 2.92. The first-order valence-electron chi connectivity index (χ1n) is 6.97. The van der Waals surface area contributed by atoms with E-state index in [1.54, 1.807) is 13.0 Å². The van der Waals surface area contributed by atoms with E-state index in [0.29, 0.717) is 12.1 Å². The van der Waals surface area contributed by atoms with Crippen LogP contribution in [0.4, 0.5) is 4.39 Å². The average Bonchev–Trinajstić information content (AvgIpc) is 2.28. The summed E-state index contributed by atoms with van der Waals surface area (Å²) in [6, 6.07) is 5.40. The molecule has 3 nitrogen and oxygen atoms in total. The SMILES string of the molecule is CC(=O)NC(C)(C)CC(C)NCc1ccc(F)c(C)c1. The minimum Gasteiger partial charge on any atom is -0.351 e. The van der Waals surface area contributed by atoms with Crippen LogP contribution in [-0.2, 0) is 11.3 Å². The normalized spacial score (nSPS) is 13.1. The van der Waals surface area contributed by atoms with Gasteiger partial charge in [-0.15, -0.1) is 0 Å². The van der Waals surface area contributed by atoms with Crippen LogP contribution in [0.15, 0.2) is 18.2 Å². The lowest BCUT2D eigenvalue weighted by atomic mass is 9.95. The van der Waals surface area contributed by atoms with Crippen LogP contribution in [0.25, 0.3) is 0 Å². The average molecular weight is 280 g/mol. The third-order valence-electron chi connectivity index (χ3n) is 3.21. The van der Waals surface area contributed by atoms with Crippen molar-refractivity contribution in [3.8, 4) is 0 Å². The minimum absolute atomic E-state index is 0.0173. The maximum Gasteiger partial charge on any atom is 0.217 e. The number of benzene rings is 1. The van der Waals surface area contributed by atoms with Crippen molar-refractivity contribution < 1.29 is 9.18 Å². The van der Waals surface area contributed by atoms with E-state index in [0.717, 1.165) is 12.0 Å². The van der Waals surface area contributed by atoms with E-state index >= 15 is 0 Å². The number of hydrogen-bond acceptors (Lipinski definition) is 2. The van der Waals surface area contributed by atoms with Crippen molar-refractivity contribution in [2.45, 2.75) is 59.2 Å². The van der Waals surface area contributed by atoms with Crippen molar-refractivity contribution in [1.82, 2.24) is 10.6 Å². The van der Waals surface area contributed by atoms with Crippen molar-refractivity contribution >= 4 is 5.91 Å². The summed E-state index contributed by atoms with van der Waals surface area (Å²) in [5, 5.41) is 6.34. The largest absolute Gasteiger partial charge is 0.351 e. The molecule has 0 fully saturated rings. The highest BCUT2D eigenvalue weighted by molar-refractivity contribution is 5.73. The first-order valence-corrected chi connectivity index (χ1v) is 6.97. The Morgan fingerprint density at radius 1 is 1.40 bits per heavy atom. The molecule has 0 spiro atoms.